The van der Waals surface area contributed by atoms with Crippen LogP contribution in [-0.2, 0) is 17.7 Å². The predicted molar refractivity (Wildman–Crippen MR) is 102 cm³/mol. The van der Waals surface area contributed by atoms with E-state index in [1.165, 1.54) is 12.0 Å². The van der Waals surface area contributed by atoms with Crippen molar-refractivity contribution in [1.82, 2.24) is 20.2 Å². The molecule has 4 rings (SSSR count). The molecule has 0 aliphatic carbocycles. The van der Waals surface area contributed by atoms with Crippen LogP contribution in [0, 0.1) is 0 Å². The molecule has 6 heteroatoms. The molecule has 2 aromatic rings. The number of imidazole rings is 1. The molecule has 0 spiro atoms. The van der Waals surface area contributed by atoms with Gasteiger partial charge in [0.25, 0.3) is 0 Å². The minimum Gasteiger partial charge on any atom is -0.373 e. The Morgan fingerprint density at radius 3 is 2.92 bits per heavy atom. The second-order valence-electron chi connectivity index (χ2n) is 7.07. The Hall–Kier alpha value is -2.34. The Balaban J connectivity index is 1.27. The van der Waals surface area contributed by atoms with Gasteiger partial charge in [-0.2, -0.15) is 0 Å². The molecule has 0 radical (unpaired) electrons. The van der Waals surface area contributed by atoms with E-state index in [0.29, 0.717) is 18.2 Å². The number of aliphatic imine (C=N–C) groups is 1. The fourth-order valence-corrected chi connectivity index (χ4v) is 3.94. The van der Waals surface area contributed by atoms with Crippen molar-refractivity contribution in [2.45, 2.75) is 50.5 Å². The summed E-state index contributed by atoms with van der Waals surface area (Å²) in [6, 6.07) is 10.9. The largest absolute Gasteiger partial charge is 0.373 e. The van der Waals surface area contributed by atoms with Crippen LogP contribution in [0.15, 0.2) is 47.7 Å². The number of nitrogens with one attached hydrogen (secondary N) is 2. The Kier molecular flexibility index (Phi) is 5.20. The Labute approximate surface area is 154 Å². The zero-order valence-electron chi connectivity index (χ0n) is 15.3. The van der Waals surface area contributed by atoms with Gasteiger partial charge in [-0.3, -0.25) is 4.99 Å². The van der Waals surface area contributed by atoms with E-state index in [1.807, 2.05) is 25.5 Å². The highest BCUT2D eigenvalue weighted by molar-refractivity contribution is 5.80. The molecule has 2 bridgehead atoms. The van der Waals surface area contributed by atoms with E-state index in [0.717, 1.165) is 44.1 Å². The Bertz CT molecular complexity index is 742. The van der Waals surface area contributed by atoms with Crippen molar-refractivity contribution < 1.29 is 4.74 Å². The summed E-state index contributed by atoms with van der Waals surface area (Å²) in [4.78, 5) is 8.87. The Morgan fingerprint density at radius 2 is 2.19 bits per heavy atom. The lowest BCUT2D eigenvalue weighted by molar-refractivity contribution is 0.0992. The lowest BCUT2D eigenvalue weighted by Gasteiger charge is -2.22. The van der Waals surface area contributed by atoms with Gasteiger partial charge in [-0.25, -0.2) is 4.98 Å². The van der Waals surface area contributed by atoms with E-state index < -0.39 is 0 Å². The quantitative estimate of drug-likeness (QED) is 0.616. The van der Waals surface area contributed by atoms with Crippen LogP contribution in [-0.4, -0.2) is 47.4 Å². The first kappa shape index (κ1) is 17.1. The average molecular weight is 353 g/mol. The number of guanidine groups is 1. The fraction of sp³-hybridized carbons (Fsp3) is 0.500. The van der Waals surface area contributed by atoms with Crippen molar-refractivity contribution in [2.24, 2.45) is 4.99 Å². The molecule has 138 valence electrons. The molecule has 6 nitrogen and oxygen atoms in total. The van der Waals surface area contributed by atoms with Crippen LogP contribution in [0.3, 0.4) is 0 Å². The maximum absolute atomic E-state index is 5.91. The molecule has 3 unspecified atom stereocenters. The number of hydrogen-bond donors (Lipinski definition) is 2. The molecule has 2 N–H and O–H groups in total. The van der Waals surface area contributed by atoms with Gasteiger partial charge in [0.1, 0.15) is 5.82 Å². The zero-order valence-corrected chi connectivity index (χ0v) is 15.3. The van der Waals surface area contributed by atoms with E-state index in [9.17, 15) is 0 Å². The summed E-state index contributed by atoms with van der Waals surface area (Å²) in [5, 5.41) is 6.93. The summed E-state index contributed by atoms with van der Waals surface area (Å²) in [6.07, 6.45) is 9.03. The highest BCUT2D eigenvalue weighted by Gasteiger charge is 2.41. The molecular formula is C20H27N5O. The van der Waals surface area contributed by atoms with Gasteiger partial charge in [-0.05, 0) is 24.8 Å². The molecule has 2 fully saturated rings. The predicted octanol–water partition coefficient (Wildman–Crippen LogP) is 1.96. The Morgan fingerprint density at radius 1 is 1.31 bits per heavy atom. The average Bonchev–Trinajstić information content (AvgIpc) is 3.39. The molecular weight excluding hydrogens is 326 g/mol. The first-order valence-corrected chi connectivity index (χ1v) is 9.48. The van der Waals surface area contributed by atoms with Crippen molar-refractivity contribution in [1.29, 1.82) is 0 Å². The monoisotopic (exact) mass is 353 g/mol. The van der Waals surface area contributed by atoms with Gasteiger partial charge >= 0.3 is 0 Å². The fourth-order valence-electron chi connectivity index (χ4n) is 3.94. The third kappa shape index (κ3) is 3.90. The van der Waals surface area contributed by atoms with Gasteiger partial charge in [0.15, 0.2) is 5.96 Å². The summed E-state index contributed by atoms with van der Waals surface area (Å²) in [7, 11) is 1.82. The second-order valence-corrected chi connectivity index (χ2v) is 7.07. The number of benzene rings is 1. The van der Waals surface area contributed by atoms with Crippen LogP contribution in [0.4, 0.5) is 0 Å². The molecule has 2 aliphatic heterocycles. The van der Waals surface area contributed by atoms with Gasteiger partial charge in [0.05, 0.1) is 18.2 Å². The molecule has 3 heterocycles. The minimum absolute atomic E-state index is 0.350. The van der Waals surface area contributed by atoms with Crippen LogP contribution in [0.2, 0.25) is 0 Å². The lowest BCUT2D eigenvalue weighted by atomic mass is 9.96. The number of rotatable bonds is 6. The third-order valence-electron chi connectivity index (χ3n) is 5.29. The zero-order chi connectivity index (χ0) is 17.8. The number of ether oxygens (including phenoxy) is 1. The molecule has 0 amide bonds. The van der Waals surface area contributed by atoms with Crippen molar-refractivity contribution in [3.8, 4) is 0 Å². The molecule has 3 atom stereocenters. The number of hydrogen-bond acceptors (Lipinski definition) is 3. The van der Waals surface area contributed by atoms with Gasteiger partial charge in [0.2, 0.25) is 0 Å². The number of aromatic nitrogens is 2. The van der Waals surface area contributed by atoms with Gasteiger partial charge in [0, 0.05) is 39.0 Å². The molecule has 1 aromatic heterocycles. The molecule has 2 aliphatic rings. The van der Waals surface area contributed by atoms with E-state index in [1.54, 1.807) is 0 Å². The van der Waals surface area contributed by atoms with Crippen LogP contribution >= 0.6 is 0 Å². The second kappa shape index (κ2) is 7.91. The van der Waals surface area contributed by atoms with Crippen LogP contribution in [0.5, 0.6) is 0 Å². The molecule has 26 heavy (non-hydrogen) atoms. The minimum atomic E-state index is 0.350. The summed E-state index contributed by atoms with van der Waals surface area (Å²) in [5.41, 5.74) is 1.29. The van der Waals surface area contributed by atoms with Crippen LogP contribution < -0.4 is 10.6 Å². The first-order chi connectivity index (χ1) is 12.8. The van der Waals surface area contributed by atoms with Gasteiger partial charge in [-0.1, -0.05) is 30.3 Å². The van der Waals surface area contributed by atoms with Gasteiger partial charge in [-0.15, -0.1) is 0 Å². The summed E-state index contributed by atoms with van der Waals surface area (Å²) < 4.78 is 8.11. The van der Waals surface area contributed by atoms with Crippen molar-refractivity contribution in [3.05, 3.63) is 54.1 Å². The van der Waals surface area contributed by atoms with E-state index >= 15 is 0 Å². The van der Waals surface area contributed by atoms with Crippen LogP contribution in [0.1, 0.15) is 30.7 Å². The molecule has 0 saturated carbocycles. The SMILES string of the molecule is CN=C(NCCc1nccn1Cc1ccccc1)NC1CC2CCC1O2. The number of fused-ring (bicyclic) bond motifs is 2. The van der Waals surface area contributed by atoms with E-state index in [4.69, 9.17) is 4.74 Å². The third-order valence-corrected chi connectivity index (χ3v) is 5.29. The summed E-state index contributed by atoms with van der Waals surface area (Å²) >= 11 is 0. The van der Waals surface area contributed by atoms with Crippen molar-refractivity contribution >= 4 is 5.96 Å². The summed E-state index contributed by atoms with van der Waals surface area (Å²) in [6.45, 7) is 1.65. The maximum atomic E-state index is 5.91. The first-order valence-electron chi connectivity index (χ1n) is 9.48. The highest BCUT2D eigenvalue weighted by atomic mass is 16.5. The smallest absolute Gasteiger partial charge is 0.191 e. The lowest BCUT2D eigenvalue weighted by Crippen LogP contribution is -2.47. The molecule has 1 aromatic carbocycles. The molecule has 2 saturated heterocycles. The van der Waals surface area contributed by atoms with E-state index in [-0.39, 0.29) is 0 Å². The highest BCUT2D eigenvalue weighted by Crippen LogP contribution is 2.34. The van der Waals surface area contributed by atoms with Crippen molar-refractivity contribution in [2.75, 3.05) is 13.6 Å². The van der Waals surface area contributed by atoms with E-state index in [2.05, 4.69) is 49.4 Å². The van der Waals surface area contributed by atoms with Crippen molar-refractivity contribution in [3.63, 3.8) is 0 Å². The van der Waals surface area contributed by atoms with Crippen LogP contribution in [0.25, 0.3) is 0 Å². The number of nitrogens with zero attached hydrogens (tertiary/aromatic N) is 3. The summed E-state index contributed by atoms with van der Waals surface area (Å²) in [5.74, 6) is 1.94. The van der Waals surface area contributed by atoms with Gasteiger partial charge < -0.3 is 19.9 Å². The standard InChI is InChI=1S/C20H27N5O/c1-21-20(24-17-13-16-7-8-18(17)26-16)23-10-9-19-22-11-12-25(19)14-15-5-3-2-4-6-15/h2-6,11-12,16-18H,7-10,13-14H2,1H3,(H2,21,23,24). The normalized spacial score (nSPS) is 24.8. The maximum Gasteiger partial charge on any atom is 0.191 e. The topological polar surface area (TPSA) is 63.5 Å².